The molecule has 0 aromatic heterocycles. The van der Waals surface area contributed by atoms with Crippen LogP contribution in [0.25, 0.3) is 0 Å². The lowest BCUT2D eigenvalue weighted by atomic mass is 9.76. The number of benzene rings is 1. The van der Waals surface area contributed by atoms with E-state index in [1.54, 1.807) is 11.8 Å². The molecule has 1 aliphatic rings. The van der Waals surface area contributed by atoms with Crippen molar-refractivity contribution in [3.8, 4) is 0 Å². The summed E-state index contributed by atoms with van der Waals surface area (Å²) in [7, 11) is 0. The van der Waals surface area contributed by atoms with Gasteiger partial charge in [0.25, 0.3) is 0 Å². The Bertz CT molecular complexity index is 354. The molecular formula is C12H15NOS. The highest BCUT2D eigenvalue weighted by molar-refractivity contribution is 7.98. The highest BCUT2D eigenvalue weighted by Gasteiger charge is 2.32. The summed E-state index contributed by atoms with van der Waals surface area (Å²) in [5.41, 5.74) is 6.50. The Morgan fingerprint density at radius 2 is 1.93 bits per heavy atom. The summed E-state index contributed by atoms with van der Waals surface area (Å²) in [6.07, 6.45) is 3.73. The van der Waals surface area contributed by atoms with Crippen molar-refractivity contribution >= 4 is 17.5 Å². The summed E-state index contributed by atoms with van der Waals surface area (Å²) in [6, 6.07) is 8.06. The van der Waals surface area contributed by atoms with Crippen LogP contribution in [0.2, 0.25) is 0 Å². The number of carbonyl (C=O) groups is 1. The number of carbonyl (C=O) groups excluding carboxylic acids is 1. The van der Waals surface area contributed by atoms with Crippen molar-refractivity contribution in [3.05, 3.63) is 29.8 Å². The summed E-state index contributed by atoms with van der Waals surface area (Å²) in [4.78, 5) is 13.1. The molecule has 3 heteroatoms. The first-order valence-electron chi connectivity index (χ1n) is 5.14. The zero-order valence-electron chi connectivity index (χ0n) is 8.77. The standard InChI is InChI=1S/C12H15NOS/c1-15-11-4-2-8(3-5-11)12(14)9-6-10(13)7-9/h2-5,9-10H,6-7,13H2,1H3. The van der Waals surface area contributed by atoms with Gasteiger partial charge in [-0.05, 0) is 31.2 Å². The van der Waals surface area contributed by atoms with Crippen LogP contribution in [-0.2, 0) is 0 Å². The molecule has 0 atom stereocenters. The molecule has 0 unspecified atom stereocenters. The average molecular weight is 221 g/mol. The van der Waals surface area contributed by atoms with Gasteiger partial charge in [-0.3, -0.25) is 4.79 Å². The van der Waals surface area contributed by atoms with E-state index in [1.165, 1.54) is 4.90 Å². The van der Waals surface area contributed by atoms with E-state index >= 15 is 0 Å². The van der Waals surface area contributed by atoms with Gasteiger partial charge in [0.15, 0.2) is 5.78 Å². The SMILES string of the molecule is CSc1ccc(C(=O)C2CC(N)C2)cc1. The van der Waals surface area contributed by atoms with Gasteiger partial charge in [-0.15, -0.1) is 11.8 Å². The van der Waals surface area contributed by atoms with Crippen LogP contribution in [0.3, 0.4) is 0 Å². The summed E-state index contributed by atoms with van der Waals surface area (Å²) in [5, 5.41) is 0. The van der Waals surface area contributed by atoms with Crippen LogP contribution < -0.4 is 5.73 Å². The first-order chi connectivity index (χ1) is 7.20. The molecule has 1 saturated carbocycles. The molecule has 2 rings (SSSR count). The topological polar surface area (TPSA) is 43.1 Å². The third-order valence-corrected chi connectivity index (χ3v) is 3.66. The molecule has 0 spiro atoms. The molecule has 0 aliphatic heterocycles. The maximum atomic E-state index is 11.9. The molecule has 80 valence electrons. The molecule has 1 aromatic carbocycles. The third-order valence-electron chi connectivity index (χ3n) is 2.92. The molecule has 2 N–H and O–H groups in total. The van der Waals surface area contributed by atoms with E-state index in [2.05, 4.69) is 0 Å². The molecule has 0 heterocycles. The smallest absolute Gasteiger partial charge is 0.166 e. The molecule has 1 aromatic rings. The fraction of sp³-hybridized carbons (Fsp3) is 0.417. The Balaban J connectivity index is 2.06. The van der Waals surface area contributed by atoms with Gasteiger partial charge in [0, 0.05) is 22.4 Å². The molecule has 0 radical (unpaired) electrons. The Hall–Kier alpha value is -0.800. The molecule has 0 bridgehead atoms. The van der Waals surface area contributed by atoms with Crippen molar-refractivity contribution in [2.24, 2.45) is 11.7 Å². The van der Waals surface area contributed by atoms with Crippen LogP contribution >= 0.6 is 11.8 Å². The van der Waals surface area contributed by atoms with Gasteiger partial charge >= 0.3 is 0 Å². The zero-order chi connectivity index (χ0) is 10.8. The fourth-order valence-corrected chi connectivity index (χ4v) is 2.28. The fourth-order valence-electron chi connectivity index (χ4n) is 1.87. The van der Waals surface area contributed by atoms with E-state index < -0.39 is 0 Å². The van der Waals surface area contributed by atoms with Crippen LogP contribution in [0, 0.1) is 5.92 Å². The van der Waals surface area contributed by atoms with E-state index in [4.69, 9.17) is 5.73 Å². The van der Waals surface area contributed by atoms with Crippen molar-refractivity contribution in [1.29, 1.82) is 0 Å². The number of hydrogen-bond acceptors (Lipinski definition) is 3. The minimum absolute atomic E-state index is 0.167. The second-order valence-electron chi connectivity index (χ2n) is 4.02. The lowest BCUT2D eigenvalue weighted by Gasteiger charge is -2.31. The Morgan fingerprint density at radius 1 is 1.33 bits per heavy atom. The quantitative estimate of drug-likeness (QED) is 0.629. The van der Waals surface area contributed by atoms with Crippen LogP contribution in [0.1, 0.15) is 23.2 Å². The van der Waals surface area contributed by atoms with Gasteiger partial charge < -0.3 is 5.73 Å². The van der Waals surface area contributed by atoms with Crippen molar-refractivity contribution in [3.63, 3.8) is 0 Å². The first-order valence-corrected chi connectivity index (χ1v) is 6.37. The molecule has 2 nitrogen and oxygen atoms in total. The lowest BCUT2D eigenvalue weighted by molar-refractivity contribution is 0.0832. The molecular weight excluding hydrogens is 206 g/mol. The predicted molar refractivity (Wildman–Crippen MR) is 63.3 cm³/mol. The van der Waals surface area contributed by atoms with Crippen LogP contribution in [0.5, 0.6) is 0 Å². The molecule has 0 saturated heterocycles. The maximum Gasteiger partial charge on any atom is 0.166 e. The second kappa shape index (κ2) is 4.37. The Kier molecular flexibility index (Phi) is 3.12. The second-order valence-corrected chi connectivity index (χ2v) is 4.90. The number of ketones is 1. The Morgan fingerprint density at radius 3 is 2.40 bits per heavy atom. The van der Waals surface area contributed by atoms with Crippen LogP contribution in [0.4, 0.5) is 0 Å². The first kappa shape index (κ1) is 10.7. The summed E-state index contributed by atoms with van der Waals surface area (Å²) >= 11 is 1.69. The average Bonchev–Trinajstić information content (AvgIpc) is 2.24. The van der Waals surface area contributed by atoms with E-state index in [9.17, 15) is 4.79 Å². The number of thioether (sulfide) groups is 1. The van der Waals surface area contributed by atoms with E-state index in [0.717, 1.165) is 18.4 Å². The van der Waals surface area contributed by atoms with Crippen LogP contribution in [0.15, 0.2) is 29.2 Å². The van der Waals surface area contributed by atoms with E-state index in [0.29, 0.717) is 0 Å². The number of Topliss-reactive ketones (excluding diaryl/α,β-unsaturated/α-hetero) is 1. The molecule has 1 fully saturated rings. The van der Waals surface area contributed by atoms with Gasteiger partial charge in [0.2, 0.25) is 0 Å². The predicted octanol–water partition coefficient (Wildman–Crippen LogP) is 2.33. The number of hydrogen-bond donors (Lipinski definition) is 1. The van der Waals surface area contributed by atoms with Gasteiger partial charge in [-0.2, -0.15) is 0 Å². The maximum absolute atomic E-state index is 11.9. The highest BCUT2D eigenvalue weighted by Crippen LogP contribution is 2.29. The van der Waals surface area contributed by atoms with Crippen molar-refractivity contribution in [2.45, 2.75) is 23.8 Å². The van der Waals surface area contributed by atoms with E-state index in [-0.39, 0.29) is 17.7 Å². The van der Waals surface area contributed by atoms with Crippen molar-refractivity contribution in [2.75, 3.05) is 6.26 Å². The zero-order valence-corrected chi connectivity index (χ0v) is 9.59. The molecule has 15 heavy (non-hydrogen) atoms. The Labute approximate surface area is 94.2 Å². The summed E-state index contributed by atoms with van der Waals surface area (Å²) in [6.45, 7) is 0. The van der Waals surface area contributed by atoms with Gasteiger partial charge in [0.1, 0.15) is 0 Å². The highest BCUT2D eigenvalue weighted by atomic mass is 32.2. The van der Waals surface area contributed by atoms with Crippen molar-refractivity contribution < 1.29 is 4.79 Å². The molecule has 0 amide bonds. The van der Waals surface area contributed by atoms with Gasteiger partial charge in [-0.25, -0.2) is 0 Å². The minimum atomic E-state index is 0.167. The normalized spacial score (nSPS) is 24.7. The summed E-state index contributed by atoms with van der Waals surface area (Å²) in [5.74, 6) is 0.421. The minimum Gasteiger partial charge on any atom is -0.328 e. The van der Waals surface area contributed by atoms with Gasteiger partial charge in [0.05, 0.1) is 0 Å². The van der Waals surface area contributed by atoms with Crippen molar-refractivity contribution in [1.82, 2.24) is 0 Å². The van der Waals surface area contributed by atoms with Gasteiger partial charge in [-0.1, -0.05) is 12.1 Å². The summed E-state index contributed by atoms with van der Waals surface area (Å²) < 4.78 is 0. The van der Waals surface area contributed by atoms with E-state index in [1.807, 2.05) is 30.5 Å². The molecule has 1 aliphatic carbocycles. The largest absolute Gasteiger partial charge is 0.328 e. The lowest BCUT2D eigenvalue weighted by Crippen LogP contribution is -2.40. The number of nitrogens with two attached hydrogens (primary N) is 1. The number of rotatable bonds is 3. The monoisotopic (exact) mass is 221 g/mol. The third kappa shape index (κ3) is 2.24. The van der Waals surface area contributed by atoms with Crippen LogP contribution in [-0.4, -0.2) is 18.1 Å².